The van der Waals surface area contributed by atoms with Gasteiger partial charge in [0.05, 0.1) is 17.3 Å². The molecule has 1 heterocycles. The average Bonchev–Trinajstić information content (AvgIpc) is 2.99. The second-order valence-electron chi connectivity index (χ2n) is 5.53. The number of aromatic nitrogens is 1. The number of thiazole rings is 1. The van der Waals surface area contributed by atoms with E-state index >= 15 is 0 Å². The molecule has 4 heteroatoms. The summed E-state index contributed by atoms with van der Waals surface area (Å²) in [7, 11) is 3.91. The fraction of sp³-hybridized carbons (Fsp3) is 0.786. The van der Waals surface area contributed by atoms with Gasteiger partial charge in [-0.2, -0.15) is 0 Å². The molecule has 0 amide bonds. The van der Waals surface area contributed by atoms with Crippen molar-refractivity contribution in [3.05, 3.63) is 15.6 Å². The monoisotopic (exact) mass is 266 g/mol. The normalized spacial score (nSPS) is 31.6. The molecular formula is C14H22N2OS. The molecule has 1 N–H and O–H groups in total. The molecule has 2 aliphatic rings. The van der Waals surface area contributed by atoms with Crippen LogP contribution in [0.4, 0.5) is 0 Å². The fourth-order valence-electron chi connectivity index (χ4n) is 3.35. The molecule has 3 nitrogen and oxygen atoms in total. The van der Waals surface area contributed by atoms with E-state index < -0.39 is 0 Å². The van der Waals surface area contributed by atoms with Crippen molar-refractivity contribution in [3.63, 3.8) is 0 Å². The van der Waals surface area contributed by atoms with Gasteiger partial charge >= 0.3 is 0 Å². The van der Waals surface area contributed by atoms with Crippen LogP contribution in [0.15, 0.2) is 0 Å². The van der Waals surface area contributed by atoms with Gasteiger partial charge < -0.3 is 10.1 Å². The van der Waals surface area contributed by atoms with Crippen molar-refractivity contribution in [2.45, 2.75) is 56.6 Å². The zero-order valence-corrected chi connectivity index (χ0v) is 12.1. The molecule has 2 atom stereocenters. The van der Waals surface area contributed by atoms with E-state index in [0.29, 0.717) is 6.10 Å². The lowest BCUT2D eigenvalue weighted by Gasteiger charge is -2.39. The van der Waals surface area contributed by atoms with Crippen LogP contribution in [-0.4, -0.2) is 25.2 Å². The molecule has 0 aliphatic heterocycles. The highest BCUT2D eigenvalue weighted by Crippen LogP contribution is 2.41. The van der Waals surface area contributed by atoms with Gasteiger partial charge in [0, 0.05) is 12.0 Å². The zero-order chi connectivity index (χ0) is 12.6. The van der Waals surface area contributed by atoms with Crippen LogP contribution < -0.4 is 5.32 Å². The van der Waals surface area contributed by atoms with Gasteiger partial charge in [-0.05, 0) is 52.0 Å². The topological polar surface area (TPSA) is 34.2 Å². The summed E-state index contributed by atoms with van der Waals surface area (Å²) in [5.74, 6) is 0. The van der Waals surface area contributed by atoms with E-state index in [9.17, 15) is 0 Å². The van der Waals surface area contributed by atoms with Gasteiger partial charge in [-0.25, -0.2) is 4.98 Å². The minimum absolute atomic E-state index is 0.0634. The third-order valence-electron chi connectivity index (χ3n) is 4.52. The fourth-order valence-corrected chi connectivity index (χ4v) is 4.73. The van der Waals surface area contributed by atoms with Crippen molar-refractivity contribution in [1.82, 2.24) is 10.3 Å². The first-order chi connectivity index (χ1) is 8.77. The third kappa shape index (κ3) is 2.00. The molecule has 2 aliphatic carbocycles. The molecule has 2 unspecified atom stereocenters. The van der Waals surface area contributed by atoms with Gasteiger partial charge in [0.1, 0.15) is 5.01 Å². The predicted octanol–water partition coefficient (Wildman–Crippen LogP) is 2.64. The van der Waals surface area contributed by atoms with Crippen molar-refractivity contribution in [3.8, 4) is 0 Å². The molecule has 1 aromatic heterocycles. The second kappa shape index (κ2) is 4.91. The Balaban J connectivity index is 1.89. The van der Waals surface area contributed by atoms with Gasteiger partial charge in [0.2, 0.25) is 0 Å². The summed E-state index contributed by atoms with van der Waals surface area (Å²) in [6.45, 7) is 0. The number of hydrogen-bond donors (Lipinski definition) is 1. The first-order valence-corrected chi connectivity index (χ1v) is 7.80. The van der Waals surface area contributed by atoms with Crippen LogP contribution in [0.25, 0.3) is 0 Å². The predicted molar refractivity (Wildman–Crippen MR) is 74.1 cm³/mol. The highest BCUT2D eigenvalue weighted by Gasteiger charge is 2.40. The van der Waals surface area contributed by atoms with E-state index in [1.807, 2.05) is 18.4 Å². The lowest BCUT2D eigenvalue weighted by Crippen LogP contribution is -2.46. The van der Waals surface area contributed by atoms with Crippen LogP contribution in [0.3, 0.4) is 0 Å². The lowest BCUT2D eigenvalue weighted by molar-refractivity contribution is 0.0314. The Morgan fingerprint density at radius 2 is 2.28 bits per heavy atom. The van der Waals surface area contributed by atoms with Crippen LogP contribution in [0, 0.1) is 0 Å². The second-order valence-corrected chi connectivity index (χ2v) is 6.61. The van der Waals surface area contributed by atoms with E-state index in [1.54, 1.807) is 0 Å². The lowest BCUT2D eigenvalue weighted by atomic mass is 9.80. The number of nitrogens with one attached hydrogen (secondary N) is 1. The Labute approximate surface area is 113 Å². The van der Waals surface area contributed by atoms with Gasteiger partial charge in [-0.15, -0.1) is 11.3 Å². The Kier molecular flexibility index (Phi) is 3.43. The Hall–Kier alpha value is -0.450. The Morgan fingerprint density at radius 3 is 3.00 bits per heavy atom. The molecule has 1 saturated carbocycles. The number of nitrogens with zero attached hydrogens (tertiary/aromatic N) is 1. The van der Waals surface area contributed by atoms with E-state index in [0.717, 1.165) is 6.42 Å². The highest BCUT2D eigenvalue weighted by atomic mass is 32.1. The van der Waals surface area contributed by atoms with Crippen LogP contribution in [0.2, 0.25) is 0 Å². The molecule has 1 fully saturated rings. The van der Waals surface area contributed by atoms with Crippen molar-refractivity contribution in [2.75, 3.05) is 14.2 Å². The average molecular weight is 266 g/mol. The van der Waals surface area contributed by atoms with Crippen molar-refractivity contribution in [2.24, 2.45) is 0 Å². The Morgan fingerprint density at radius 1 is 1.39 bits per heavy atom. The van der Waals surface area contributed by atoms with Crippen molar-refractivity contribution in [1.29, 1.82) is 0 Å². The quantitative estimate of drug-likeness (QED) is 0.913. The molecule has 1 aromatic rings. The maximum absolute atomic E-state index is 5.58. The standard InChI is InChI=1S/C14H22N2OS/c1-15-14(8-4-5-10(9-14)17-2)13-16-11-6-3-7-12(11)18-13/h10,15H,3-9H2,1-2H3. The maximum Gasteiger partial charge on any atom is 0.113 e. The summed E-state index contributed by atoms with van der Waals surface area (Å²) in [5, 5.41) is 4.86. The van der Waals surface area contributed by atoms with Crippen molar-refractivity contribution >= 4 is 11.3 Å². The van der Waals surface area contributed by atoms with Crippen molar-refractivity contribution < 1.29 is 4.74 Å². The number of ether oxygens (including phenoxy) is 1. The smallest absolute Gasteiger partial charge is 0.113 e. The van der Waals surface area contributed by atoms with Gasteiger partial charge in [-0.1, -0.05) is 0 Å². The Bertz CT molecular complexity index is 410. The molecule has 0 bridgehead atoms. The molecule has 0 spiro atoms. The summed E-state index contributed by atoms with van der Waals surface area (Å²) in [4.78, 5) is 6.45. The minimum atomic E-state index is 0.0634. The zero-order valence-electron chi connectivity index (χ0n) is 11.3. The van der Waals surface area contributed by atoms with Gasteiger partial charge in [0.15, 0.2) is 0 Å². The van der Waals surface area contributed by atoms with Gasteiger partial charge in [0.25, 0.3) is 0 Å². The summed E-state index contributed by atoms with van der Waals surface area (Å²) < 4.78 is 5.58. The largest absolute Gasteiger partial charge is 0.381 e. The van der Waals surface area contributed by atoms with Crippen LogP contribution in [0.5, 0.6) is 0 Å². The minimum Gasteiger partial charge on any atom is -0.381 e. The molecule has 0 radical (unpaired) electrons. The highest BCUT2D eigenvalue weighted by molar-refractivity contribution is 7.12. The maximum atomic E-state index is 5.58. The van der Waals surface area contributed by atoms with E-state index in [1.165, 1.54) is 54.1 Å². The number of aryl methyl sites for hydroxylation is 2. The first kappa shape index (κ1) is 12.6. The molecular weight excluding hydrogens is 244 g/mol. The molecule has 0 saturated heterocycles. The van der Waals surface area contributed by atoms with Crippen LogP contribution in [-0.2, 0) is 23.1 Å². The number of fused-ring (bicyclic) bond motifs is 1. The molecule has 0 aromatic carbocycles. The summed E-state index contributed by atoms with van der Waals surface area (Å²) in [6.07, 6.45) is 8.75. The number of rotatable bonds is 3. The van der Waals surface area contributed by atoms with E-state index in [4.69, 9.17) is 9.72 Å². The van der Waals surface area contributed by atoms with E-state index in [2.05, 4.69) is 12.4 Å². The van der Waals surface area contributed by atoms with Crippen LogP contribution in [0.1, 0.15) is 47.7 Å². The first-order valence-electron chi connectivity index (χ1n) is 6.98. The third-order valence-corrected chi connectivity index (χ3v) is 5.88. The SMILES string of the molecule is CNC1(c2nc3c(s2)CCC3)CCCC(OC)C1. The van der Waals surface area contributed by atoms with Crippen LogP contribution >= 0.6 is 11.3 Å². The number of hydrogen-bond acceptors (Lipinski definition) is 4. The summed E-state index contributed by atoms with van der Waals surface area (Å²) in [6, 6.07) is 0. The number of methoxy groups -OCH3 is 1. The summed E-state index contributed by atoms with van der Waals surface area (Å²) in [5.41, 5.74) is 1.43. The van der Waals surface area contributed by atoms with E-state index in [-0.39, 0.29) is 5.54 Å². The molecule has 3 rings (SSSR count). The molecule has 18 heavy (non-hydrogen) atoms. The summed E-state index contributed by atoms with van der Waals surface area (Å²) >= 11 is 1.94. The van der Waals surface area contributed by atoms with Gasteiger partial charge in [-0.3, -0.25) is 0 Å². The molecule has 100 valence electrons.